The summed E-state index contributed by atoms with van der Waals surface area (Å²) < 4.78 is 1.95. The fourth-order valence-corrected chi connectivity index (χ4v) is 2.00. The fraction of sp³-hybridized carbons (Fsp3) is 0.467. The van der Waals surface area contributed by atoms with Crippen molar-refractivity contribution in [3.05, 3.63) is 47.5 Å². The zero-order valence-corrected chi connectivity index (χ0v) is 11.7. The topological polar surface area (TPSA) is 50.9 Å². The van der Waals surface area contributed by atoms with Crippen molar-refractivity contribution in [3.63, 3.8) is 0 Å². The van der Waals surface area contributed by atoms with Crippen molar-refractivity contribution in [1.29, 1.82) is 0 Å². The third-order valence-electron chi connectivity index (χ3n) is 3.39. The SMILES string of the molecule is CCC(C)n1ccc(CC(O)c2cncc(C)c2)n1. The van der Waals surface area contributed by atoms with Gasteiger partial charge in [-0.05, 0) is 37.5 Å². The summed E-state index contributed by atoms with van der Waals surface area (Å²) in [5.74, 6) is 0. The summed E-state index contributed by atoms with van der Waals surface area (Å²) in [6.45, 7) is 6.25. The van der Waals surface area contributed by atoms with E-state index in [1.807, 2.05) is 29.9 Å². The second kappa shape index (κ2) is 5.97. The van der Waals surface area contributed by atoms with Gasteiger partial charge in [0.05, 0.1) is 11.8 Å². The van der Waals surface area contributed by atoms with Gasteiger partial charge in [0.1, 0.15) is 0 Å². The first-order chi connectivity index (χ1) is 9.10. The Morgan fingerprint density at radius 2 is 2.16 bits per heavy atom. The molecule has 2 unspecified atom stereocenters. The number of pyridine rings is 1. The molecule has 2 aromatic rings. The molecule has 0 aliphatic carbocycles. The van der Waals surface area contributed by atoms with Gasteiger partial charge >= 0.3 is 0 Å². The normalized spacial score (nSPS) is 14.3. The van der Waals surface area contributed by atoms with Crippen LogP contribution in [0, 0.1) is 6.92 Å². The molecule has 19 heavy (non-hydrogen) atoms. The zero-order valence-electron chi connectivity index (χ0n) is 11.7. The predicted molar refractivity (Wildman–Crippen MR) is 74.9 cm³/mol. The smallest absolute Gasteiger partial charge is 0.0861 e. The molecule has 2 atom stereocenters. The van der Waals surface area contributed by atoms with Crippen LogP contribution in [0.4, 0.5) is 0 Å². The van der Waals surface area contributed by atoms with Crippen LogP contribution in [0.2, 0.25) is 0 Å². The van der Waals surface area contributed by atoms with E-state index in [-0.39, 0.29) is 0 Å². The molecule has 0 radical (unpaired) electrons. The molecule has 0 saturated carbocycles. The lowest BCUT2D eigenvalue weighted by Crippen LogP contribution is -2.07. The summed E-state index contributed by atoms with van der Waals surface area (Å²) in [5, 5.41) is 14.7. The van der Waals surface area contributed by atoms with Crippen LogP contribution in [-0.2, 0) is 6.42 Å². The molecule has 0 amide bonds. The molecule has 1 N–H and O–H groups in total. The zero-order chi connectivity index (χ0) is 13.8. The van der Waals surface area contributed by atoms with E-state index >= 15 is 0 Å². The van der Waals surface area contributed by atoms with E-state index in [1.54, 1.807) is 12.4 Å². The lowest BCUT2D eigenvalue weighted by molar-refractivity contribution is 0.176. The number of aliphatic hydroxyl groups is 1. The second-order valence-corrected chi connectivity index (χ2v) is 5.06. The van der Waals surface area contributed by atoms with Crippen LogP contribution < -0.4 is 0 Å². The van der Waals surface area contributed by atoms with Gasteiger partial charge in [0.25, 0.3) is 0 Å². The largest absolute Gasteiger partial charge is 0.388 e. The summed E-state index contributed by atoms with van der Waals surface area (Å²) in [7, 11) is 0. The molecule has 2 aromatic heterocycles. The summed E-state index contributed by atoms with van der Waals surface area (Å²) >= 11 is 0. The van der Waals surface area contributed by atoms with Crippen LogP contribution >= 0.6 is 0 Å². The average Bonchev–Trinajstić information content (AvgIpc) is 2.86. The predicted octanol–water partition coefficient (Wildman–Crippen LogP) is 2.83. The van der Waals surface area contributed by atoms with E-state index in [4.69, 9.17) is 0 Å². The molecule has 2 heterocycles. The van der Waals surface area contributed by atoms with E-state index in [0.29, 0.717) is 12.5 Å². The van der Waals surface area contributed by atoms with Crippen LogP contribution in [0.5, 0.6) is 0 Å². The Bertz CT molecular complexity index is 536. The van der Waals surface area contributed by atoms with Gasteiger partial charge in [-0.15, -0.1) is 0 Å². The molecule has 0 bridgehead atoms. The Morgan fingerprint density at radius 3 is 2.84 bits per heavy atom. The van der Waals surface area contributed by atoms with Gasteiger partial charge in [0.15, 0.2) is 0 Å². The Balaban J connectivity index is 2.06. The summed E-state index contributed by atoms with van der Waals surface area (Å²) in [6.07, 6.45) is 6.50. The highest BCUT2D eigenvalue weighted by molar-refractivity contribution is 5.20. The van der Waals surface area contributed by atoms with Crippen LogP contribution in [0.25, 0.3) is 0 Å². The maximum Gasteiger partial charge on any atom is 0.0861 e. The number of nitrogens with zero attached hydrogens (tertiary/aromatic N) is 3. The lowest BCUT2D eigenvalue weighted by atomic mass is 10.1. The lowest BCUT2D eigenvalue weighted by Gasteiger charge is -2.10. The number of aromatic nitrogens is 3. The molecule has 102 valence electrons. The molecule has 2 rings (SSSR count). The molecule has 4 nitrogen and oxygen atoms in total. The highest BCUT2D eigenvalue weighted by atomic mass is 16.3. The molecule has 0 fully saturated rings. The van der Waals surface area contributed by atoms with E-state index in [9.17, 15) is 5.11 Å². The summed E-state index contributed by atoms with van der Waals surface area (Å²) in [5.41, 5.74) is 2.81. The van der Waals surface area contributed by atoms with Crippen molar-refractivity contribution < 1.29 is 5.11 Å². The molecule has 0 aromatic carbocycles. The summed E-state index contributed by atoms with van der Waals surface area (Å²) in [6, 6.07) is 4.33. The van der Waals surface area contributed by atoms with Crippen molar-refractivity contribution >= 4 is 0 Å². The first-order valence-electron chi connectivity index (χ1n) is 6.73. The molecular weight excluding hydrogens is 238 g/mol. The Kier molecular flexibility index (Phi) is 4.32. The van der Waals surface area contributed by atoms with Gasteiger partial charge in [0.2, 0.25) is 0 Å². The first-order valence-corrected chi connectivity index (χ1v) is 6.73. The Hall–Kier alpha value is -1.68. The van der Waals surface area contributed by atoms with Gasteiger partial charge in [-0.2, -0.15) is 5.10 Å². The maximum absolute atomic E-state index is 10.2. The van der Waals surface area contributed by atoms with Crippen molar-refractivity contribution in [2.75, 3.05) is 0 Å². The van der Waals surface area contributed by atoms with E-state index < -0.39 is 6.10 Å². The first kappa shape index (κ1) is 13.7. The third kappa shape index (κ3) is 3.41. The minimum Gasteiger partial charge on any atom is -0.388 e. The minimum atomic E-state index is -0.548. The van der Waals surface area contributed by atoms with Crippen LogP contribution in [0.3, 0.4) is 0 Å². The maximum atomic E-state index is 10.2. The molecule has 0 saturated heterocycles. The molecule has 4 heteroatoms. The van der Waals surface area contributed by atoms with Crippen molar-refractivity contribution in [1.82, 2.24) is 14.8 Å². The van der Waals surface area contributed by atoms with Gasteiger partial charge in [-0.3, -0.25) is 9.67 Å². The van der Waals surface area contributed by atoms with Crippen molar-refractivity contribution in [3.8, 4) is 0 Å². The monoisotopic (exact) mass is 259 g/mol. The molecular formula is C15H21N3O. The highest BCUT2D eigenvalue weighted by Gasteiger charge is 2.12. The highest BCUT2D eigenvalue weighted by Crippen LogP contribution is 2.18. The van der Waals surface area contributed by atoms with E-state index in [2.05, 4.69) is 23.9 Å². The Morgan fingerprint density at radius 1 is 1.37 bits per heavy atom. The van der Waals surface area contributed by atoms with Crippen LogP contribution in [0.15, 0.2) is 30.7 Å². The van der Waals surface area contributed by atoms with Crippen molar-refractivity contribution in [2.45, 2.75) is 45.8 Å². The number of aliphatic hydroxyl groups excluding tert-OH is 1. The van der Waals surface area contributed by atoms with Crippen LogP contribution in [-0.4, -0.2) is 19.9 Å². The second-order valence-electron chi connectivity index (χ2n) is 5.06. The fourth-order valence-electron chi connectivity index (χ4n) is 2.00. The summed E-state index contributed by atoms with van der Waals surface area (Å²) in [4.78, 5) is 4.11. The van der Waals surface area contributed by atoms with E-state index in [1.165, 1.54) is 0 Å². The standard InChI is InChI=1S/C15H21N3O/c1-4-12(3)18-6-5-14(17-18)8-15(19)13-7-11(2)9-16-10-13/h5-7,9-10,12,15,19H,4,8H2,1-3H3. The number of hydrogen-bond donors (Lipinski definition) is 1. The third-order valence-corrected chi connectivity index (χ3v) is 3.39. The van der Waals surface area contributed by atoms with Gasteiger partial charge in [-0.1, -0.05) is 13.0 Å². The van der Waals surface area contributed by atoms with Gasteiger partial charge < -0.3 is 5.11 Å². The quantitative estimate of drug-likeness (QED) is 0.898. The van der Waals surface area contributed by atoms with Gasteiger partial charge in [-0.25, -0.2) is 0 Å². The average molecular weight is 259 g/mol. The molecule has 0 spiro atoms. The van der Waals surface area contributed by atoms with Gasteiger partial charge in [0, 0.05) is 31.1 Å². The number of aryl methyl sites for hydroxylation is 1. The minimum absolute atomic E-state index is 0.395. The molecule has 0 aliphatic heterocycles. The van der Waals surface area contributed by atoms with E-state index in [0.717, 1.165) is 23.2 Å². The Labute approximate surface area is 114 Å². The number of hydrogen-bond acceptors (Lipinski definition) is 3. The molecule has 0 aliphatic rings. The van der Waals surface area contributed by atoms with Crippen LogP contribution in [0.1, 0.15) is 49.2 Å². The van der Waals surface area contributed by atoms with Crippen molar-refractivity contribution in [2.24, 2.45) is 0 Å². The number of rotatable bonds is 5.